The fourth-order valence-electron chi connectivity index (χ4n) is 3.84. The maximum atomic E-state index is 2.42. The molecule has 0 heteroatoms. The Kier molecular flexibility index (Phi) is 1.88. The van der Waals surface area contributed by atoms with Crippen molar-refractivity contribution in [2.45, 2.75) is 12.8 Å². The van der Waals surface area contributed by atoms with Gasteiger partial charge < -0.3 is 0 Å². The second-order valence-electron chi connectivity index (χ2n) is 5.71. The Bertz CT molecular complexity index is 939. The van der Waals surface area contributed by atoms with E-state index >= 15 is 0 Å². The highest BCUT2D eigenvalue weighted by atomic mass is 14.2. The molecule has 3 aromatic rings. The van der Waals surface area contributed by atoms with E-state index in [0.29, 0.717) is 0 Å². The van der Waals surface area contributed by atoms with Gasteiger partial charge in [-0.25, -0.2) is 0 Å². The molecular formula is C20H14. The van der Waals surface area contributed by atoms with Crippen molar-refractivity contribution in [3.8, 4) is 0 Å². The minimum atomic E-state index is 1.07. The van der Waals surface area contributed by atoms with Crippen LogP contribution in [0.3, 0.4) is 0 Å². The van der Waals surface area contributed by atoms with Crippen LogP contribution in [0.4, 0.5) is 0 Å². The van der Waals surface area contributed by atoms with E-state index in [-0.39, 0.29) is 0 Å². The van der Waals surface area contributed by atoms with Crippen LogP contribution in [0.25, 0.3) is 33.2 Å². The third kappa shape index (κ3) is 1.17. The molecule has 0 unspecified atom stereocenters. The molecule has 94 valence electrons. The minimum Gasteiger partial charge on any atom is -0.0795 e. The van der Waals surface area contributed by atoms with Crippen molar-refractivity contribution >= 4 is 33.2 Å². The topological polar surface area (TPSA) is 0 Å². The molecule has 0 spiro atoms. The molecule has 2 aliphatic carbocycles. The first kappa shape index (κ1) is 10.4. The molecule has 5 rings (SSSR count). The van der Waals surface area contributed by atoms with Gasteiger partial charge in [0.05, 0.1) is 0 Å². The molecule has 0 saturated carbocycles. The van der Waals surface area contributed by atoms with Crippen LogP contribution in [-0.2, 0) is 6.42 Å². The Hall–Kier alpha value is -2.34. The number of hydrogen-bond acceptors (Lipinski definition) is 0. The van der Waals surface area contributed by atoms with Gasteiger partial charge in [-0.2, -0.15) is 0 Å². The molecule has 0 aromatic heterocycles. The van der Waals surface area contributed by atoms with Crippen molar-refractivity contribution in [2.24, 2.45) is 0 Å². The predicted octanol–water partition coefficient (Wildman–Crippen LogP) is 5.35. The molecule has 0 saturated heterocycles. The van der Waals surface area contributed by atoms with E-state index in [2.05, 4.69) is 60.7 Å². The van der Waals surface area contributed by atoms with Gasteiger partial charge >= 0.3 is 0 Å². The molecule has 0 amide bonds. The molecule has 2 aliphatic rings. The Morgan fingerprint density at radius 2 is 1.60 bits per heavy atom. The van der Waals surface area contributed by atoms with E-state index in [1.165, 1.54) is 43.8 Å². The van der Waals surface area contributed by atoms with Crippen LogP contribution in [0.2, 0.25) is 0 Å². The second-order valence-corrected chi connectivity index (χ2v) is 5.71. The number of rotatable bonds is 0. The van der Waals surface area contributed by atoms with Gasteiger partial charge in [0.15, 0.2) is 0 Å². The summed E-state index contributed by atoms with van der Waals surface area (Å²) in [4.78, 5) is 0. The fraction of sp³-hybridized carbons (Fsp3) is 0.100. The summed E-state index contributed by atoms with van der Waals surface area (Å²) in [7, 11) is 0. The monoisotopic (exact) mass is 254 g/mol. The number of benzene rings is 3. The first-order chi connectivity index (χ1) is 9.93. The van der Waals surface area contributed by atoms with Gasteiger partial charge in [0.2, 0.25) is 0 Å². The fourth-order valence-corrected chi connectivity index (χ4v) is 3.84. The van der Waals surface area contributed by atoms with Gasteiger partial charge in [-0.15, -0.1) is 0 Å². The van der Waals surface area contributed by atoms with Crippen molar-refractivity contribution in [3.05, 3.63) is 71.3 Å². The predicted molar refractivity (Wildman–Crippen MR) is 86.8 cm³/mol. The first-order valence-electron chi connectivity index (χ1n) is 7.26. The van der Waals surface area contributed by atoms with Crippen LogP contribution >= 0.6 is 0 Å². The Morgan fingerprint density at radius 3 is 2.55 bits per heavy atom. The molecule has 0 atom stereocenters. The van der Waals surface area contributed by atoms with Crippen LogP contribution in [0.1, 0.15) is 23.1 Å². The Labute approximate surface area is 118 Å². The van der Waals surface area contributed by atoms with Crippen LogP contribution in [0.15, 0.2) is 54.6 Å². The Morgan fingerprint density at radius 1 is 0.750 bits per heavy atom. The van der Waals surface area contributed by atoms with Gasteiger partial charge in [-0.05, 0) is 56.6 Å². The van der Waals surface area contributed by atoms with Crippen LogP contribution in [0, 0.1) is 0 Å². The van der Waals surface area contributed by atoms with E-state index in [1.807, 2.05) is 0 Å². The van der Waals surface area contributed by atoms with Crippen LogP contribution in [-0.4, -0.2) is 0 Å². The van der Waals surface area contributed by atoms with Crippen molar-refractivity contribution in [1.82, 2.24) is 0 Å². The van der Waals surface area contributed by atoms with Crippen LogP contribution < -0.4 is 0 Å². The summed E-state index contributed by atoms with van der Waals surface area (Å²) < 4.78 is 0. The molecule has 0 aliphatic heterocycles. The van der Waals surface area contributed by atoms with Crippen molar-refractivity contribution in [2.75, 3.05) is 0 Å². The smallest absolute Gasteiger partial charge is 0.00609 e. The van der Waals surface area contributed by atoms with Crippen molar-refractivity contribution < 1.29 is 0 Å². The average molecular weight is 254 g/mol. The van der Waals surface area contributed by atoms with Gasteiger partial charge in [0, 0.05) is 0 Å². The summed E-state index contributed by atoms with van der Waals surface area (Å²) in [6, 6.07) is 15.6. The summed E-state index contributed by atoms with van der Waals surface area (Å²) in [6.07, 6.45) is 9.19. The second kappa shape index (κ2) is 3.61. The summed E-state index contributed by atoms with van der Waals surface area (Å²) in [5.41, 5.74) is 5.89. The quantitative estimate of drug-likeness (QED) is 0.474. The highest BCUT2D eigenvalue weighted by molar-refractivity contribution is 6.18. The number of hydrogen-bond donors (Lipinski definition) is 0. The van der Waals surface area contributed by atoms with E-state index in [0.717, 1.165) is 12.8 Å². The van der Waals surface area contributed by atoms with E-state index in [4.69, 9.17) is 0 Å². The van der Waals surface area contributed by atoms with Gasteiger partial charge in [0.1, 0.15) is 0 Å². The third-order valence-corrected chi connectivity index (χ3v) is 4.69. The van der Waals surface area contributed by atoms with Crippen molar-refractivity contribution in [3.63, 3.8) is 0 Å². The highest BCUT2D eigenvalue weighted by Crippen LogP contribution is 2.44. The maximum Gasteiger partial charge on any atom is -0.00609 e. The molecule has 0 heterocycles. The molecule has 0 bridgehead atoms. The molecular weight excluding hydrogens is 240 g/mol. The number of allylic oxidation sites excluding steroid dienone is 3. The molecule has 0 N–H and O–H groups in total. The van der Waals surface area contributed by atoms with E-state index in [9.17, 15) is 0 Å². The van der Waals surface area contributed by atoms with Gasteiger partial charge in [-0.3, -0.25) is 0 Å². The largest absolute Gasteiger partial charge is 0.0795 e. The minimum absolute atomic E-state index is 1.07. The maximum absolute atomic E-state index is 2.42. The third-order valence-electron chi connectivity index (χ3n) is 4.69. The highest BCUT2D eigenvalue weighted by Gasteiger charge is 2.21. The molecule has 3 aromatic carbocycles. The summed E-state index contributed by atoms with van der Waals surface area (Å²) in [5, 5.41) is 5.67. The molecule has 0 radical (unpaired) electrons. The van der Waals surface area contributed by atoms with Crippen molar-refractivity contribution in [1.29, 1.82) is 0 Å². The normalized spacial score (nSPS) is 15.7. The summed E-state index contributed by atoms with van der Waals surface area (Å²) in [5.74, 6) is 0. The zero-order valence-corrected chi connectivity index (χ0v) is 11.2. The van der Waals surface area contributed by atoms with Gasteiger partial charge in [0.25, 0.3) is 0 Å². The average Bonchev–Trinajstić information content (AvgIpc) is 2.53. The summed E-state index contributed by atoms with van der Waals surface area (Å²) >= 11 is 0. The van der Waals surface area contributed by atoms with E-state index in [1.54, 1.807) is 0 Å². The van der Waals surface area contributed by atoms with E-state index < -0.39 is 0 Å². The lowest BCUT2D eigenvalue weighted by Crippen LogP contribution is -2.04. The lowest BCUT2D eigenvalue weighted by Gasteiger charge is -2.25. The first-order valence-corrected chi connectivity index (χ1v) is 7.26. The lowest BCUT2D eigenvalue weighted by atomic mass is 9.79. The molecule has 0 nitrogen and oxygen atoms in total. The molecule has 20 heavy (non-hydrogen) atoms. The molecule has 0 fully saturated rings. The lowest BCUT2D eigenvalue weighted by molar-refractivity contribution is 1.23. The summed E-state index contributed by atoms with van der Waals surface area (Å²) in [6.45, 7) is 0. The number of fused-ring (bicyclic) bond motifs is 3. The Balaban J connectivity index is 2.17. The zero-order valence-electron chi connectivity index (χ0n) is 11.2. The zero-order chi connectivity index (χ0) is 13.1. The SMILES string of the molecule is C1=Cc2c3c4c(cccc4c4ccccc24)CC=C3C1. The van der Waals surface area contributed by atoms with Gasteiger partial charge in [-0.1, -0.05) is 60.7 Å². The standard InChI is InChI=1S/C20H14/c1-2-8-16-15(7-1)17-9-3-5-13-11-12-14-6-4-10-18(16)20(14)19(13)17/h1-5,7-10,12H,6,11H2. The van der Waals surface area contributed by atoms with Crippen LogP contribution in [0.5, 0.6) is 0 Å².